The molecule has 0 aromatic carbocycles. The zero-order valence-corrected chi connectivity index (χ0v) is 12.3. The van der Waals surface area contributed by atoms with Gasteiger partial charge in [-0.3, -0.25) is 4.79 Å². The zero-order valence-electron chi connectivity index (χ0n) is 11.5. The molecule has 0 aliphatic carbocycles. The van der Waals surface area contributed by atoms with Crippen molar-refractivity contribution in [2.45, 2.75) is 18.9 Å². The normalized spacial score (nSPS) is 21.6. The average molecular weight is 305 g/mol. The van der Waals surface area contributed by atoms with Crippen LogP contribution in [-0.2, 0) is 4.79 Å². The van der Waals surface area contributed by atoms with E-state index in [0.717, 1.165) is 11.3 Å². The monoisotopic (exact) mass is 305 g/mol. The van der Waals surface area contributed by atoms with E-state index in [0.29, 0.717) is 17.8 Å². The Labute approximate surface area is 125 Å². The van der Waals surface area contributed by atoms with E-state index in [-0.39, 0.29) is 5.69 Å². The van der Waals surface area contributed by atoms with Crippen LogP contribution in [0.25, 0.3) is 5.65 Å². The first-order chi connectivity index (χ1) is 10.00. The van der Waals surface area contributed by atoms with Gasteiger partial charge in [-0.05, 0) is 36.8 Å². The lowest BCUT2D eigenvalue weighted by atomic mass is 9.99. The fourth-order valence-corrected chi connectivity index (χ4v) is 3.69. The minimum atomic E-state index is -1.17. The molecule has 2 N–H and O–H groups in total. The van der Waals surface area contributed by atoms with Gasteiger partial charge in [0.25, 0.3) is 5.91 Å². The van der Waals surface area contributed by atoms with E-state index in [2.05, 4.69) is 10.3 Å². The number of aliphatic carboxylic acids is 1. The Morgan fingerprint density at radius 1 is 1.52 bits per heavy atom. The molecule has 21 heavy (non-hydrogen) atoms. The Hall–Kier alpha value is -2.02. The van der Waals surface area contributed by atoms with Crippen LogP contribution in [0.1, 0.15) is 22.5 Å². The van der Waals surface area contributed by atoms with Crippen molar-refractivity contribution in [1.29, 1.82) is 0 Å². The number of carbonyl (C=O) groups excluding carboxylic acids is 1. The van der Waals surface area contributed by atoms with Gasteiger partial charge >= 0.3 is 5.97 Å². The minimum absolute atomic E-state index is 0.234. The van der Waals surface area contributed by atoms with Gasteiger partial charge in [0.15, 0.2) is 0 Å². The summed E-state index contributed by atoms with van der Waals surface area (Å²) < 4.78 is 1.75. The Bertz CT molecular complexity index is 719. The second-order valence-electron chi connectivity index (χ2n) is 5.24. The van der Waals surface area contributed by atoms with Crippen LogP contribution < -0.4 is 5.32 Å². The standard InChI is InChI=1S/C14H15N3O3S/c1-9-2-4-17-7-10(15-11(17)6-9)12(18)16-14(13(19)20)3-5-21-8-14/h2,4,6-7H,3,5,8H2,1H3,(H,16,18)(H,19,20). The van der Waals surface area contributed by atoms with E-state index < -0.39 is 17.4 Å². The van der Waals surface area contributed by atoms with Crippen LogP contribution in [-0.4, -0.2) is 43.4 Å². The van der Waals surface area contributed by atoms with Crippen LogP contribution in [0.5, 0.6) is 0 Å². The quantitative estimate of drug-likeness (QED) is 0.894. The first-order valence-corrected chi connectivity index (χ1v) is 7.75. The first kappa shape index (κ1) is 13.9. The fourth-order valence-electron chi connectivity index (χ4n) is 2.36. The molecule has 3 rings (SSSR count). The number of carboxylic acid groups (broad SMARTS) is 1. The second-order valence-corrected chi connectivity index (χ2v) is 6.34. The Morgan fingerprint density at radius 3 is 3.00 bits per heavy atom. The maximum absolute atomic E-state index is 12.3. The van der Waals surface area contributed by atoms with E-state index in [1.54, 1.807) is 10.6 Å². The number of hydrogen-bond donors (Lipinski definition) is 2. The summed E-state index contributed by atoms with van der Waals surface area (Å²) in [6.07, 6.45) is 3.87. The van der Waals surface area contributed by atoms with E-state index >= 15 is 0 Å². The molecule has 6 nitrogen and oxygen atoms in total. The molecule has 7 heteroatoms. The largest absolute Gasteiger partial charge is 0.479 e. The molecule has 1 amide bonds. The number of hydrogen-bond acceptors (Lipinski definition) is 4. The van der Waals surface area contributed by atoms with E-state index in [9.17, 15) is 14.7 Å². The Balaban J connectivity index is 1.88. The number of amides is 1. The van der Waals surface area contributed by atoms with Gasteiger partial charge in [-0.15, -0.1) is 0 Å². The summed E-state index contributed by atoms with van der Waals surface area (Å²) in [6, 6.07) is 3.79. The molecule has 0 saturated carbocycles. The summed E-state index contributed by atoms with van der Waals surface area (Å²) in [4.78, 5) is 28.0. The summed E-state index contributed by atoms with van der Waals surface area (Å²) in [6.45, 7) is 1.95. The number of carboxylic acids is 1. The predicted molar refractivity (Wildman–Crippen MR) is 79.7 cm³/mol. The molecule has 3 heterocycles. The van der Waals surface area contributed by atoms with Crippen molar-refractivity contribution >= 4 is 29.3 Å². The van der Waals surface area contributed by atoms with Gasteiger partial charge in [0.05, 0.1) is 0 Å². The number of aryl methyl sites for hydroxylation is 1. The van der Waals surface area contributed by atoms with Crippen molar-refractivity contribution in [3.63, 3.8) is 0 Å². The molecule has 1 aliphatic rings. The van der Waals surface area contributed by atoms with Crippen molar-refractivity contribution in [2.24, 2.45) is 0 Å². The molecule has 0 spiro atoms. The summed E-state index contributed by atoms with van der Waals surface area (Å²) in [7, 11) is 0. The molecule has 1 unspecified atom stereocenters. The highest BCUT2D eigenvalue weighted by atomic mass is 32.2. The number of nitrogens with zero attached hydrogens (tertiary/aromatic N) is 2. The van der Waals surface area contributed by atoms with E-state index in [1.807, 2.05) is 25.3 Å². The van der Waals surface area contributed by atoms with Crippen LogP contribution in [0.3, 0.4) is 0 Å². The topological polar surface area (TPSA) is 83.7 Å². The Morgan fingerprint density at radius 2 is 2.33 bits per heavy atom. The van der Waals surface area contributed by atoms with Gasteiger partial charge < -0.3 is 14.8 Å². The number of nitrogens with one attached hydrogen (secondary N) is 1. The maximum atomic E-state index is 12.3. The molecule has 1 atom stereocenters. The van der Waals surface area contributed by atoms with Gasteiger partial charge in [-0.1, -0.05) is 0 Å². The van der Waals surface area contributed by atoms with Crippen LogP contribution in [0.4, 0.5) is 0 Å². The van der Waals surface area contributed by atoms with Crippen molar-refractivity contribution in [3.05, 3.63) is 35.8 Å². The molecule has 1 saturated heterocycles. The lowest BCUT2D eigenvalue weighted by Gasteiger charge is -2.23. The number of pyridine rings is 1. The van der Waals surface area contributed by atoms with Crippen molar-refractivity contribution in [2.75, 3.05) is 11.5 Å². The van der Waals surface area contributed by atoms with Crippen molar-refractivity contribution in [1.82, 2.24) is 14.7 Å². The highest BCUT2D eigenvalue weighted by Gasteiger charge is 2.43. The van der Waals surface area contributed by atoms with Crippen LogP contribution in [0.2, 0.25) is 0 Å². The number of imidazole rings is 1. The second kappa shape index (κ2) is 5.07. The fraction of sp³-hybridized carbons (Fsp3) is 0.357. The lowest BCUT2D eigenvalue weighted by Crippen LogP contribution is -2.54. The summed E-state index contributed by atoms with van der Waals surface area (Å²) in [5, 5.41) is 12.0. The van der Waals surface area contributed by atoms with Gasteiger partial charge in [-0.25, -0.2) is 9.78 Å². The molecule has 2 aromatic rings. The first-order valence-electron chi connectivity index (χ1n) is 6.59. The van der Waals surface area contributed by atoms with Gasteiger partial charge in [0, 0.05) is 18.1 Å². The van der Waals surface area contributed by atoms with E-state index in [1.165, 1.54) is 11.8 Å². The van der Waals surface area contributed by atoms with Crippen LogP contribution in [0, 0.1) is 6.92 Å². The number of fused-ring (bicyclic) bond motifs is 1. The number of rotatable bonds is 3. The third-order valence-corrected chi connectivity index (χ3v) is 4.82. The highest BCUT2D eigenvalue weighted by molar-refractivity contribution is 7.99. The third kappa shape index (κ3) is 2.49. The molecule has 1 fully saturated rings. The van der Waals surface area contributed by atoms with Crippen LogP contribution >= 0.6 is 11.8 Å². The summed E-state index contributed by atoms with van der Waals surface area (Å²) in [5.74, 6) is -0.306. The molecule has 1 aliphatic heterocycles. The molecule has 110 valence electrons. The van der Waals surface area contributed by atoms with E-state index in [4.69, 9.17) is 0 Å². The SMILES string of the molecule is Cc1ccn2cc(C(=O)NC3(C(=O)O)CCSC3)nc2c1. The molecule has 0 radical (unpaired) electrons. The van der Waals surface area contributed by atoms with Gasteiger partial charge in [0.1, 0.15) is 16.9 Å². The average Bonchev–Trinajstić information content (AvgIpc) is 3.05. The third-order valence-electron chi connectivity index (χ3n) is 3.63. The Kier molecular flexibility index (Phi) is 3.36. The van der Waals surface area contributed by atoms with Gasteiger partial charge in [0.2, 0.25) is 0 Å². The van der Waals surface area contributed by atoms with Crippen LogP contribution in [0.15, 0.2) is 24.5 Å². The summed E-state index contributed by atoms with van der Waals surface area (Å²) >= 11 is 1.53. The molecular weight excluding hydrogens is 290 g/mol. The number of aromatic nitrogens is 2. The molecule has 2 aromatic heterocycles. The summed E-state index contributed by atoms with van der Waals surface area (Å²) in [5.41, 5.74) is 0.783. The van der Waals surface area contributed by atoms with Crippen molar-refractivity contribution < 1.29 is 14.7 Å². The zero-order chi connectivity index (χ0) is 15.0. The van der Waals surface area contributed by atoms with Gasteiger partial charge in [-0.2, -0.15) is 11.8 Å². The minimum Gasteiger partial charge on any atom is -0.479 e. The smallest absolute Gasteiger partial charge is 0.330 e. The van der Waals surface area contributed by atoms with Crippen molar-refractivity contribution in [3.8, 4) is 0 Å². The molecule has 0 bridgehead atoms. The number of carbonyl (C=O) groups is 2. The molecular formula is C14H15N3O3S. The maximum Gasteiger partial charge on any atom is 0.330 e. The predicted octanol–water partition coefficient (Wildman–Crippen LogP) is 1.33. The lowest BCUT2D eigenvalue weighted by molar-refractivity contribution is -0.143. The number of thioether (sulfide) groups is 1. The highest BCUT2D eigenvalue weighted by Crippen LogP contribution is 2.28.